The number of amides is 1. The van der Waals surface area contributed by atoms with E-state index in [9.17, 15) is 13.2 Å². The minimum atomic E-state index is -3.32. The Bertz CT molecular complexity index is 671. The second-order valence-corrected chi connectivity index (χ2v) is 8.92. The SMILES string of the molecule is Cc1ccc(CS(=O)(=O)N2CCN(C(=O)C3CCCC3)CC2)cc1. The van der Waals surface area contributed by atoms with Gasteiger partial charge in [-0.05, 0) is 25.3 Å². The number of benzene rings is 1. The Morgan fingerprint density at radius 2 is 1.62 bits per heavy atom. The van der Waals surface area contributed by atoms with Gasteiger partial charge < -0.3 is 4.90 Å². The largest absolute Gasteiger partial charge is 0.340 e. The molecule has 1 aromatic carbocycles. The van der Waals surface area contributed by atoms with Crippen LogP contribution in [0.5, 0.6) is 0 Å². The molecule has 2 aliphatic rings. The summed E-state index contributed by atoms with van der Waals surface area (Å²) in [5, 5.41) is 0. The number of rotatable bonds is 4. The maximum Gasteiger partial charge on any atom is 0.225 e. The molecule has 0 unspecified atom stereocenters. The molecule has 1 saturated carbocycles. The standard InChI is InChI=1S/C18H26N2O3S/c1-15-6-8-16(9-7-15)14-24(22,23)20-12-10-19(11-13-20)18(21)17-4-2-3-5-17/h6-9,17H,2-5,10-14H2,1H3. The minimum Gasteiger partial charge on any atom is -0.340 e. The van der Waals surface area contributed by atoms with Gasteiger partial charge in [0.05, 0.1) is 5.75 Å². The third kappa shape index (κ3) is 3.98. The minimum absolute atomic E-state index is 0.0316. The highest BCUT2D eigenvalue weighted by molar-refractivity contribution is 7.88. The lowest BCUT2D eigenvalue weighted by atomic mass is 10.1. The quantitative estimate of drug-likeness (QED) is 0.836. The maximum absolute atomic E-state index is 12.6. The number of hydrogen-bond acceptors (Lipinski definition) is 3. The van der Waals surface area contributed by atoms with Crippen molar-refractivity contribution in [3.63, 3.8) is 0 Å². The van der Waals surface area contributed by atoms with Crippen molar-refractivity contribution in [2.24, 2.45) is 5.92 Å². The Morgan fingerprint density at radius 3 is 2.21 bits per heavy atom. The van der Waals surface area contributed by atoms with Crippen LogP contribution in [0.4, 0.5) is 0 Å². The van der Waals surface area contributed by atoms with Gasteiger partial charge in [-0.2, -0.15) is 4.31 Å². The van der Waals surface area contributed by atoms with Crippen LogP contribution in [0.2, 0.25) is 0 Å². The van der Waals surface area contributed by atoms with E-state index >= 15 is 0 Å². The predicted octanol–water partition coefficient (Wildman–Crippen LogP) is 2.16. The van der Waals surface area contributed by atoms with E-state index in [0.29, 0.717) is 26.2 Å². The molecule has 1 saturated heterocycles. The van der Waals surface area contributed by atoms with Crippen LogP contribution in [-0.4, -0.2) is 49.7 Å². The van der Waals surface area contributed by atoms with Gasteiger partial charge in [-0.3, -0.25) is 4.79 Å². The summed E-state index contributed by atoms with van der Waals surface area (Å²) >= 11 is 0. The van der Waals surface area contributed by atoms with Crippen LogP contribution >= 0.6 is 0 Å². The van der Waals surface area contributed by atoms with Crippen LogP contribution in [-0.2, 0) is 20.6 Å². The molecule has 0 N–H and O–H groups in total. The van der Waals surface area contributed by atoms with Crippen molar-refractivity contribution >= 4 is 15.9 Å². The van der Waals surface area contributed by atoms with Crippen LogP contribution in [0.3, 0.4) is 0 Å². The molecule has 1 aliphatic heterocycles. The molecule has 24 heavy (non-hydrogen) atoms. The highest BCUT2D eigenvalue weighted by Gasteiger charge is 2.32. The van der Waals surface area contributed by atoms with Crippen molar-refractivity contribution in [1.82, 2.24) is 9.21 Å². The van der Waals surface area contributed by atoms with E-state index < -0.39 is 10.0 Å². The summed E-state index contributed by atoms with van der Waals surface area (Å²) < 4.78 is 26.7. The third-order valence-corrected chi connectivity index (χ3v) is 6.97. The Hall–Kier alpha value is -1.40. The van der Waals surface area contributed by atoms with Crippen LogP contribution in [0.15, 0.2) is 24.3 Å². The van der Waals surface area contributed by atoms with Crippen molar-refractivity contribution in [2.75, 3.05) is 26.2 Å². The highest BCUT2D eigenvalue weighted by atomic mass is 32.2. The smallest absolute Gasteiger partial charge is 0.225 e. The Kier molecular flexibility index (Phi) is 5.25. The lowest BCUT2D eigenvalue weighted by Crippen LogP contribution is -2.51. The molecular formula is C18H26N2O3S. The zero-order chi connectivity index (χ0) is 17.2. The Morgan fingerprint density at radius 1 is 1.04 bits per heavy atom. The molecule has 1 amide bonds. The van der Waals surface area contributed by atoms with Crippen LogP contribution in [0, 0.1) is 12.8 Å². The average Bonchev–Trinajstić information content (AvgIpc) is 3.11. The molecule has 132 valence electrons. The average molecular weight is 350 g/mol. The molecule has 1 aliphatic carbocycles. The number of nitrogens with zero attached hydrogens (tertiary/aromatic N) is 2. The summed E-state index contributed by atoms with van der Waals surface area (Å²) in [5.74, 6) is 0.424. The topological polar surface area (TPSA) is 57.7 Å². The molecule has 0 aromatic heterocycles. The summed E-state index contributed by atoms with van der Waals surface area (Å²) in [6.45, 7) is 3.84. The summed E-state index contributed by atoms with van der Waals surface area (Å²) in [7, 11) is -3.32. The second-order valence-electron chi connectivity index (χ2n) is 6.95. The van der Waals surface area contributed by atoms with E-state index in [1.165, 1.54) is 4.31 Å². The van der Waals surface area contributed by atoms with Crippen molar-refractivity contribution in [3.8, 4) is 0 Å². The predicted molar refractivity (Wildman–Crippen MR) is 93.9 cm³/mol. The summed E-state index contributed by atoms with van der Waals surface area (Å²) in [6.07, 6.45) is 4.26. The second kappa shape index (κ2) is 7.23. The van der Waals surface area contributed by atoms with Gasteiger partial charge in [-0.25, -0.2) is 8.42 Å². The normalized spacial score (nSPS) is 20.5. The summed E-state index contributed by atoms with van der Waals surface area (Å²) in [6, 6.07) is 7.60. The van der Waals surface area contributed by atoms with Crippen LogP contribution < -0.4 is 0 Å². The molecule has 2 fully saturated rings. The molecule has 0 bridgehead atoms. The first-order valence-electron chi connectivity index (χ1n) is 8.78. The van der Waals surface area contributed by atoms with Crippen molar-refractivity contribution in [2.45, 2.75) is 38.4 Å². The van der Waals surface area contributed by atoms with Gasteiger partial charge >= 0.3 is 0 Å². The van der Waals surface area contributed by atoms with E-state index in [2.05, 4.69) is 0 Å². The molecule has 0 spiro atoms. The van der Waals surface area contributed by atoms with Gasteiger partial charge in [-0.1, -0.05) is 42.7 Å². The lowest BCUT2D eigenvalue weighted by Gasteiger charge is -2.35. The summed E-state index contributed by atoms with van der Waals surface area (Å²) in [5.41, 5.74) is 1.93. The fraction of sp³-hybridized carbons (Fsp3) is 0.611. The number of hydrogen-bond donors (Lipinski definition) is 0. The monoisotopic (exact) mass is 350 g/mol. The molecule has 6 heteroatoms. The van der Waals surface area contributed by atoms with E-state index in [1.807, 2.05) is 36.1 Å². The number of aryl methyl sites for hydroxylation is 1. The lowest BCUT2D eigenvalue weighted by molar-refractivity contribution is -0.136. The van der Waals surface area contributed by atoms with Crippen LogP contribution in [0.1, 0.15) is 36.8 Å². The zero-order valence-electron chi connectivity index (χ0n) is 14.3. The van der Waals surface area contributed by atoms with Gasteiger partial charge in [-0.15, -0.1) is 0 Å². The van der Waals surface area contributed by atoms with Crippen molar-refractivity contribution < 1.29 is 13.2 Å². The molecule has 1 aromatic rings. The maximum atomic E-state index is 12.6. The number of carbonyl (C=O) groups excluding carboxylic acids is 1. The van der Waals surface area contributed by atoms with E-state index in [0.717, 1.165) is 36.8 Å². The number of piperazine rings is 1. The molecule has 5 nitrogen and oxygen atoms in total. The third-order valence-electron chi connectivity index (χ3n) is 5.12. The fourth-order valence-electron chi connectivity index (χ4n) is 3.60. The number of sulfonamides is 1. The van der Waals surface area contributed by atoms with E-state index in [1.54, 1.807) is 0 Å². The Labute approximate surface area is 144 Å². The van der Waals surface area contributed by atoms with E-state index in [4.69, 9.17) is 0 Å². The first-order chi connectivity index (χ1) is 11.5. The van der Waals surface area contributed by atoms with Gasteiger partial charge in [0.15, 0.2) is 0 Å². The van der Waals surface area contributed by atoms with E-state index in [-0.39, 0.29) is 17.6 Å². The van der Waals surface area contributed by atoms with Gasteiger partial charge in [0, 0.05) is 32.1 Å². The first-order valence-corrected chi connectivity index (χ1v) is 10.4. The van der Waals surface area contributed by atoms with Crippen LogP contribution in [0.25, 0.3) is 0 Å². The number of carbonyl (C=O) groups is 1. The van der Waals surface area contributed by atoms with Gasteiger partial charge in [0.2, 0.25) is 15.9 Å². The molecule has 0 radical (unpaired) electrons. The highest BCUT2D eigenvalue weighted by Crippen LogP contribution is 2.27. The molecule has 0 atom stereocenters. The Balaban J connectivity index is 1.56. The summed E-state index contributed by atoms with van der Waals surface area (Å²) in [4.78, 5) is 14.3. The van der Waals surface area contributed by atoms with Crippen molar-refractivity contribution in [1.29, 1.82) is 0 Å². The molecule has 1 heterocycles. The molecule has 3 rings (SSSR count). The zero-order valence-corrected chi connectivity index (χ0v) is 15.1. The van der Waals surface area contributed by atoms with Gasteiger partial charge in [0.1, 0.15) is 0 Å². The van der Waals surface area contributed by atoms with Crippen molar-refractivity contribution in [3.05, 3.63) is 35.4 Å². The fourth-order valence-corrected chi connectivity index (χ4v) is 5.12. The molecular weight excluding hydrogens is 324 g/mol. The first kappa shape index (κ1) is 17.4. The van der Waals surface area contributed by atoms with Gasteiger partial charge in [0.25, 0.3) is 0 Å².